The molecule has 7 heteroatoms. The Kier molecular flexibility index (Phi) is 20.5. The van der Waals surface area contributed by atoms with E-state index in [1.165, 1.54) is 85.4 Å². The summed E-state index contributed by atoms with van der Waals surface area (Å²) in [6.45, 7) is 1.41. The molecule has 0 bridgehead atoms. The Bertz CT molecular complexity index is 3170. The molecular formula is C70H72O5S2. The van der Waals surface area contributed by atoms with E-state index in [1.807, 2.05) is 60.3 Å². The van der Waals surface area contributed by atoms with Crippen molar-refractivity contribution in [3.05, 3.63) is 262 Å². The molecule has 1 unspecified atom stereocenters. The van der Waals surface area contributed by atoms with Gasteiger partial charge in [0, 0.05) is 28.1 Å². The highest BCUT2D eigenvalue weighted by Gasteiger charge is 2.22. The van der Waals surface area contributed by atoms with Crippen molar-refractivity contribution in [3.63, 3.8) is 0 Å². The molecular weight excluding hydrogens is 985 g/mol. The van der Waals surface area contributed by atoms with E-state index in [0.29, 0.717) is 23.9 Å². The molecule has 0 heterocycles. The molecule has 2 aliphatic carbocycles. The second kappa shape index (κ2) is 28.9. The molecule has 0 amide bonds. The molecule has 0 spiro atoms. The normalized spacial score (nSPS) is 13.6. The maximum atomic E-state index is 12.3. The number of ether oxygens (including phenoxy) is 2. The number of phenols is 2. The van der Waals surface area contributed by atoms with Crippen LogP contribution in [0.5, 0.6) is 23.0 Å². The molecule has 1 atom stereocenters. The van der Waals surface area contributed by atoms with Gasteiger partial charge in [-0.2, -0.15) is 11.8 Å². The predicted octanol–water partition coefficient (Wildman–Crippen LogP) is 17.4. The largest absolute Gasteiger partial charge is 0.508 e. The second-order valence-electron chi connectivity index (χ2n) is 20.0. The number of allylic oxidation sites excluding steroid dienone is 2. The number of benzene rings is 8. The van der Waals surface area contributed by atoms with Crippen LogP contribution in [-0.2, 0) is 35.1 Å². The van der Waals surface area contributed by atoms with E-state index >= 15 is 0 Å². The Morgan fingerprint density at radius 3 is 1.35 bits per heavy atom. The Morgan fingerprint density at radius 2 is 0.870 bits per heavy atom. The van der Waals surface area contributed by atoms with Crippen molar-refractivity contribution >= 4 is 44.9 Å². The van der Waals surface area contributed by atoms with Gasteiger partial charge in [0.05, 0.1) is 13.2 Å². The third-order valence-electron chi connectivity index (χ3n) is 14.4. The SMILES string of the molecule is O=S(CCCCCOc1ccc(C2=C(c3ccccc3)CCCc3cc(O)ccc32)cc1)Cc1ccccc1.Oc1ccc2c(c1)CCCC(c1ccccc1)=C2c1ccc(OCCCCCSCc2ccccc2)cc1. The number of aromatic hydroxyl groups is 2. The molecule has 0 aromatic heterocycles. The zero-order valence-corrected chi connectivity index (χ0v) is 45.9. The van der Waals surface area contributed by atoms with Crippen molar-refractivity contribution in [2.24, 2.45) is 0 Å². The zero-order chi connectivity index (χ0) is 52.9. The number of thioether (sulfide) groups is 1. The zero-order valence-electron chi connectivity index (χ0n) is 44.3. The van der Waals surface area contributed by atoms with Crippen LogP contribution in [0.1, 0.15) is 120 Å². The fourth-order valence-corrected chi connectivity index (χ4v) is 12.7. The summed E-state index contributed by atoms with van der Waals surface area (Å²) in [6, 6.07) is 70.7. The molecule has 8 aromatic rings. The Morgan fingerprint density at radius 1 is 0.429 bits per heavy atom. The van der Waals surface area contributed by atoms with Gasteiger partial charge >= 0.3 is 0 Å². The van der Waals surface area contributed by atoms with Crippen LogP contribution < -0.4 is 9.47 Å². The van der Waals surface area contributed by atoms with Crippen LogP contribution in [0.4, 0.5) is 0 Å². The third-order valence-corrected chi connectivity index (χ3v) is 16.9. The standard InChI is InChI=1S/C35H36O3S.C35H36O2S/c36-31-19-22-34-30(25-31)15-10-16-33(28-13-6-2-7-14-28)35(34)29-17-20-32(21-18-29)38-23-8-3-9-24-39(37)26-27-11-4-1-5-12-27;36-31-19-22-34-30(25-31)15-10-16-33(28-13-6-2-7-14-28)35(34)29-17-20-32(21-18-29)37-23-8-3-9-24-38-26-27-11-4-1-5-12-27/h1-2,4-7,11-14,17-22,25,36H,3,8-10,15-16,23-24,26H2;1-2,4-7,11-14,17-22,25,36H,3,8-10,15-16,23-24,26H2. The van der Waals surface area contributed by atoms with Crippen molar-refractivity contribution in [2.45, 2.75) is 88.6 Å². The molecule has 5 nitrogen and oxygen atoms in total. The van der Waals surface area contributed by atoms with E-state index in [0.717, 1.165) is 105 Å². The average Bonchev–Trinajstić information content (AvgIpc) is 3.81. The first-order valence-corrected chi connectivity index (χ1v) is 30.3. The number of rotatable bonds is 22. The van der Waals surface area contributed by atoms with Crippen LogP contribution in [0.2, 0.25) is 0 Å². The Balaban J connectivity index is 0.000000188. The molecule has 0 aliphatic heterocycles. The van der Waals surface area contributed by atoms with Gasteiger partial charge in [-0.05, 0) is 209 Å². The van der Waals surface area contributed by atoms with Crippen molar-refractivity contribution in [3.8, 4) is 23.0 Å². The minimum Gasteiger partial charge on any atom is -0.508 e. The van der Waals surface area contributed by atoms with E-state index in [9.17, 15) is 14.4 Å². The lowest BCUT2D eigenvalue weighted by Gasteiger charge is -2.17. The predicted molar refractivity (Wildman–Crippen MR) is 324 cm³/mol. The quantitative estimate of drug-likeness (QED) is 0.0659. The molecule has 10 rings (SSSR count). The molecule has 8 aromatic carbocycles. The molecule has 77 heavy (non-hydrogen) atoms. The Labute approximate surface area is 464 Å². The van der Waals surface area contributed by atoms with Crippen molar-refractivity contribution in [2.75, 3.05) is 24.7 Å². The molecule has 0 fully saturated rings. The number of phenolic OH excluding ortho intramolecular Hbond substituents is 2. The highest BCUT2D eigenvalue weighted by molar-refractivity contribution is 7.98. The lowest BCUT2D eigenvalue weighted by Crippen LogP contribution is -2.03. The molecule has 2 N–H and O–H groups in total. The van der Waals surface area contributed by atoms with Gasteiger partial charge in [-0.25, -0.2) is 0 Å². The van der Waals surface area contributed by atoms with Crippen LogP contribution in [0, 0.1) is 0 Å². The maximum Gasteiger partial charge on any atom is 0.119 e. The summed E-state index contributed by atoms with van der Waals surface area (Å²) in [4.78, 5) is 0. The van der Waals surface area contributed by atoms with Crippen LogP contribution >= 0.6 is 11.8 Å². The van der Waals surface area contributed by atoms with Crippen molar-refractivity contribution in [1.82, 2.24) is 0 Å². The molecule has 0 radical (unpaired) electrons. The number of hydrogen-bond donors (Lipinski definition) is 2. The van der Waals surface area contributed by atoms with Gasteiger partial charge in [-0.15, -0.1) is 0 Å². The minimum atomic E-state index is -0.812. The van der Waals surface area contributed by atoms with Gasteiger partial charge in [0.15, 0.2) is 0 Å². The molecule has 0 saturated carbocycles. The Hall–Kier alpha value is -7.06. The summed E-state index contributed by atoms with van der Waals surface area (Å²) in [5.74, 6) is 6.12. The lowest BCUT2D eigenvalue weighted by molar-refractivity contribution is 0.306. The monoisotopic (exact) mass is 1060 g/mol. The van der Waals surface area contributed by atoms with Crippen LogP contribution in [0.3, 0.4) is 0 Å². The average molecular weight is 1060 g/mol. The van der Waals surface area contributed by atoms with Gasteiger partial charge in [0.25, 0.3) is 0 Å². The van der Waals surface area contributed by atoms with Crippen LogP contribution in [-0.4, -0.2) is 39.1 Å². The van der Waals surface area contributed by atoms with Crippen molar-refractivity contribution < 1.29 is 23.9 Å². The first-order chi connectivity index (χ1) is 37.9. The second-order valence-corrected chi connectivity index (χ2v) is 22.7. The van der Waals surface area contributed by atoms with E-state index in [4.69, 9.17) is 9.47 Å². The first kappa shape index (κ1) is 54.7. The van der Waals surface area contributed by atoms with Gasteiger partial charge in [-0.1, -0.05) is 158 Å². The topological polar surface area (TPSA) is 76.0 Å². The van der Waals surface area contributed by atoms with Crippen LogP contribution in [0.25, 0.3) is 22.3 Å². The van der Waals surface area contributed by atoms with Gasteiger partial charge < -0.3 is 19.7 Å². The van der Waals surface area contributed by atoms with E-state index in [1.54, 1.807) is 6.07 Å². The third kappa shape index (κ3) is 16.0. The lowest BCUT2D eigenvalue weighted by atomic mass is 9.88. The van der Waals surface area contributed by atoms with Gasteiger partial charge in [0.1, 0.15) is 23.0 Å². The maximum absolute atomic E-state index is 12.3. The molecule has 2 aliphatic rings. The fourth-order valence-electron chi connectivity index (χ4n) is 10.5. The van der Waals surface area contributed by atoms with Crippen LogP contribution in [0.15, 0.2) is 206 Å². The van der Waals surface area contributed by atoms with Crippen molar-refractivity contribution in [1.29, 1.82) is 0 Å². The summed E-state index contributed by atoms with van der Waals surface area (Å²) in [5, 5.41) is 20.3. The summed E-state index contributed by atoms with van der Waals surface area (Å²) in [7, 11) is -0.812. The van der Waals surface area contributed by atoms with E-state index < -0.39 is 10.8 Å². The summed E-state index contributed by atoms with van der Waals surface area (Å²) >= 11 is 2.01. The minimum absolute atomic E-state index is 0.322. The fraction of sp³-hybridized carbons (Fsp3) is 0.257. The van der Waals surface area contributed by atoms with Gasteiger partial charge in [-0.3, -0.25) is 4.21 Å². The number of hydrogen-bond acceptors (Lipinski definition) is 6. The number of fused-ring (bicyclic) bond motifs is 2. The molecule has 394 valence electrons. The number of unbranched alkanes of at least 4 members (excludes halogenated alkanes) is 4. The van der Waals surface area contributed by atoms with E-state index in [-0.39, 0.29) is 0 Å². The summed E-state index contributed by atoms with van der Waals surface area (Å²) in [6.07, 6.45) is 12.4. The summed E-state index contributed by atoms with van der Waals surface area (Å²) in [5.41, 5.74) is 17.5. The van der Waals surface area contributed by atoms with E-state index in [2.05, 4.69) is 152 Å². The first-order valence-electron chi connectivity index (χ1n) is 27.6. The summed E-state index contributed by atoms with van der Waals surface area (Å²) < 4.78 is 24.5. The number of aryl methyl sites for hydroxylation is 2. The smallest absolute Gasteiger partial charge is 0.119 e. The highest BCUT2D eigenvalue weighted by atomic mass is 32.2. The molecule has 0 saturated heterocycles. The van der Waals surface area contributed by atoms with Gasteiger partial charge in [0.2, 0.25) is 0 Å². The highest BCUT2D eigenvalue weighted by Crippen LogP contribution is 2.43.